The van der Waals surface area contributed by atoms with Crippen LogP contribution < -0.4 is 19.5 Å². The van der Waals surface area contributed by atoms with Crippen molar-refractivity contribution in [2.75, 3.05) is 26.4 Å². The number of hydrogen-bond donors (Lipinski definition) is 1. The molecule has 0 heterocycles. The Hall–Kier alpha value is -2.20. The molecule has 3 rings (SSSR count). The minimum atomic E-state index is 0.642. The van der Waals surface area contributed by atoms with Gasteiger partial charge in [-0.15, -0.1) is 0 Å². The van der Waals surface area contributed by atoms with Crippen molar-refractivity contribution in [1.82, 2.24) is 5.32 Å². The molecule has 4 heteroatoms. The first-order valence-corrected chi connectivity index (χ1v) is 11.6. The SMILES string of the molecule is CCOc1cc2c(cc1CCCCNCc1ccc(OCC)c(OCC)c1)CCC2. The molecule has 0 radical (unpaired) electrons. The summed E-state index contributed by atoms with van der Waals surface area (Å²) >= 11 is 0. The second-order valence-corrected chi connectivity index (χ2v) is 7.80. The summed E-state index contributed by atoms with van der Waals surface area (Å²) in [5.41, 5.74) is 5.63. The van der Waals surface area contributed by atoms with E-state index in [1.54, 1.807) is 0 Å². The number of hydrogen-bond acceptors (Lipinski definition) is 4. The van der Waals surface area contributed by atoms with E-state index in [-0.39, 0.29) is 0 Å². The van der Waals surface area contributed by atoms with Crippen LogP contribution in [0.15, 0.2) is 30.3 Å². The first-order chi connectivity index (χ1) is 14.7. The van der Waals surface area contributed by atoms with E-state index in [4.69, 9.17) is 14.2 Å². The lowest BCUT2D eigenvalue weighted by Crippen LogP contribution is -2.15. The highest BCUT2D eigenvalue weighted by Crippen LogP contribution is 2.31. The summed E-state index contributed by atoms with van der Waals surface area (Å²) in [6.45, 7) is 9.93. The zero-order valence-electron chi connectivity index (χ0n) is 18.9. The molecule has 1 aliphatic carbocycles. The first-order valence-electron chi connectivity index (χ1n) is 11.6. The van der Waals surface area contributed by atoms with Gasteiger partial charge in [0.2, 0.25) is 0 Å². The van der Waals surface area contributed by atoms with Gasteiger partial charge < -0.3 is 19.5 Å². The third-order valence-corrected chi connectivity index (χ3v) is 5.56. The first kappa shape index (κ1) is 22.5. The number of ether oxygens (including phenoxy) is 3. The molecular formula is C26H37NO3. The third kappa shape index (κ3) is 6.15. The van der Waals surface area contributed by atoms with Crippen molar-refractivity contribution in [3.8, 4) is 17.2 Å². The van der Waals surface area contributed by atoms with Gasteiger partial charge in [-0.25, -0.2) is 0 Å². The molecule has 0 saturated heterocycles. The minimum Gasteiger partial charge on any atom is -0.494 e. The van der Waals surface area contributed by atoms with E-state index in [0.717, 1.165) is 49.8 Å². The maximum absolute atomic E-state index is 5.92. The van der Waals surface area contributed by atoms with Crippen LogP contribution >= 0.6 is 0 Å². The normalized spacial score (nSPS) is 12.6. The molecule has 2 aromatic carbocycles. The number of nitrogens with one attached hydrogen (secondary N) is 1. The molecule has 2 aromatic rings. The number of fused-ring (bicyclic) bond motifs is 1. The zero-order valence-corrected chi connectivity index (χ0v) is 18.9. The molecule has 1 aliphatic rings. The van der Waals surface area contributed by atoms with Crippen molar-refractivity contribution < 1.29 is 14.2 Å². The summed E-state index contributed by atoms with van der Waals surface area (Å²) in [5, 5.41) is 3.56. The van der Waals surface area contributed by atoms with Crippen molar-refractivity contribution in [3.63, 3.8) is 0 Å². The molecule has 0 unspecified atom stereocenters. The summed E-state index contributed by atoms with van der Waals surface area (Å²) in [5.74, 6) is 2.75. The van der Waals surface area contributed by atoms with Gasteiger partial charge >= 0.3 is 0 Å². The summed E-state index contributed by atoms with van der Waals surface area (Å²) in [7, 11) is 0. The maximum Gasteiger partial charge on any atom is 0.161 e. The van der Waals surface area contributed by atoms with Gasteiger partial charge in [-0.05, 0) is 106 Å². The molecule has 1 N–H and O–H groups in total. The molecule has 0 amide bonds. The zero-order chi connectivity index (χ0) is 21.2. The quantitative estimate of drug-likeness (QED) is 0.443. The number of unbranched alkanes of at least 4 members (excludes halogenated alkanes) is 1. The standard InChI is InChI=1S/C26H37NO3/c1-4-28-24-14-13-20(16-26(24)30-6-3)19-27-15-8-7-10-23-17-21-11-9-12-22(21)18-25(23)29-5-2/h13-14,16-18,27H,4-12,15,19H2,1-3H3. The summed E-state index contributed by atoms with van der Waals surface area (Å²) < 4.78 is 17.3. The van der Waals surface area contributed by atoms with E-state index >= 15 is 0 Å². The van der Waals surface area contributed by atoms with Gasteiger partial charge in [0.15, 0.2) is 11.5 Å². The maximum atomic E-state index is 5.92. The third-order valence-electron chi connectivity index (χ3n) is 5.56. The molecule has 0 atom stereocenters. The lowest BCUT2D eigenvalue weighted by molar-refractivity contribution is 0.287. The van der Waals surface area contributed by atoms with E-state index in [1.807, 2.05) is 19.9 Å². The topological polar surface area (TPSA) is 39.7 Å². The monoisotopic (exact) mass is 411 g/mol. The molecule has 0 fully saturated rings. The van der Waals surface area contributed by atoms with Crippen LogP contribution in [0.1, 0.15) is 62.3 Å². The Morgan fingerprint density at radius 2 is 1.47 bits per heavy atom. The Balaban J connectivity index is 1.44. The molecule has 0 bridgehead atoms. The van der Waals surface area contributed by atoms with E-state index < -0.39 is 0 Å². The summed E-state index contributed by atoms with van der Waals surface area (Å²) in [4.78, 5) is 0. The van der Waals surface area contributed by atoms with Crippen molar-refractivity contribution in [2.45, 2.75) is 65.8 Å². The fraction of sp³-hybridized carbons (Fsp3) is 0.538. The van der Waals surface area contributed by atoms with Crippen molar-refractivity contribution in [1.29, 1.82) is 0 Å². The van der Waals surface area contributed by atoms with E-state index in [9.17, 15) is 0 Å². The van der Waals surface area contributed by atoms with E-state index in [2.05, 4.69) is 36.5 Å². The smallest absolute Gasteiger partial charge is 0.161 e. The summed E-state index contributed by atoms with van der Waals surface area (Å²) in [6, 6.07) is 10.9. The molecule has 164 valence electrons. The van der Waals surface area contributed by atoms with Crippen LogP contribution in [0.4, 0.5) is 0 Å². The molecular weight excluding hydrogens is 374 g/mol. The fourth-order valence-corrected chi connectivity index (χ4v) is 4.14. The molecule has 4 nitrogen and oxygen atoms in total. The van der Waals surface area contributed by atoms with E-state index in [0.29, 0.717) is 13.2 Å². The van der Waals surface area contributed by atoms with Gasteiger partial charge in [0.25, 0.3) is 0 Å². The van der Waals surface area contributed by atoms with Crippen LogP contribution in [-0.4, -0.2) is 26.4 Å². The highest BCUT2D eigenvalue weighted by atomic mass is 16.5. The number of benzene rings is 2. The highest BCUT2D eigenvalue weighted by Gasteiger charge is 2.15. The van der Waals surface area contributed by atoms with Gasteiger partial charge in [-0.2, -0.15) is 0 Å². The highest BCUT2D eigenvalue weighted by molar-refractivity contribution is 5.45. The predicted octanol–water partition coefficient (Wildman–Crippen LogP) is 5.48. The van der Waals surface area contributed by atoms with Gasteiger partial charge in [0.05, 0.1) is 19.8 Å². The molecule has 0 aromatic heterocycles. The molecule has 0 aliphatic heterocycles. The van der Waals surface area contributed by atoms with E-state index in [1.165, 1.54) is 47.9 Å². The average molecular weight is 412 g/mol. The van der Waals surface area contributed by atoms with Gasteiger partial charge in [0.1, 0.15) is 5.75 Å². The van der Waals surface area contributed by atoms with Crippen LogP contribution in [0.3, 0.4) is 0 Å². The molecule has 30 heavy (non-hydrogen) atoms. The van der Waals surface area contributed by atoms with Crippen molar-refractivity contribution in [3.05, 3.63) is 52.6 Å². The van der Waals surface area contributed by atoms with Crippen LogP contribution in [0, 0.1) is 0 Å². The largest absolute Gasteiger partial charge is 0.494 e. The Bertz CT molecular complexity index is 803. The molecule has 0 spiro atoms. The Morgan fingerprint density at radius 3 is 2.23 bits per heavy atom. The second kappa shape index (κ2) is 11.8. The average Bonchev–Trinajstić information content (AvgIpc) is 3.20. The Kier molecular flexibility index (Phi) is 8.88. The molecule has 0 saturated carbocycles. The lowest BCUT2D eigenvalue weighted by atomic mass is 10.0. The number of aryl methyl sites for hydroxylation is 3. The second-order valence-electron chi connectivity index (χ2n) is 7.80. The minimum absolute atomic E-state index is 0.642. The van der Waals surface area contributed by atoms with Gasteiger partial charge in [-0.3, -0.25) is 0 Å². The van der Waals surface area contributed by atoms with Crippen LogP contribution in [0.5, 0.6) is 17.2 Å². The van der Waals surface area contributed by atoms with Crippen LogP contribution in [0.25, 0.3) is 0 Å². The van der Waals surface area contributed by atoms with Crippen molar-refractivity contribution >= 4 is 0 Å². The summed E-state index contributed by atoms with van der Waals surface area (Å²) in [6.07, 6.45) is 7.11. The van der Waals surface area contributed by atoms with Crippen molar-refractivity contribution in [2.24, 2.45) is 0 Å². The Morgan fingerprint density at radius 1 is 0.767 bits per heavy atom. The number of rotatable bonds is 13. The van der Waals surface area contributed by atoms with Gasteiger partial charge in [0, 0.05) is 6.54 Å². The predicted molar refractivity (Wildman–Crippen MR) is 123 cm³/mol. The van der Waals surface area contributed by atoms with Gasteiger partial charge in [-0.1, -0.05) is 12.1 Å². The van der Waals surface area contributed by atoms with Crippen LogP contribution in [-0.2, 0) is 25.8 Å². The Labute approximate surface area is 181 Å². The van der Waals surface area contributed by atoms with Crippen LogP contribution in [0.2, 0.25) is 0 Å². The lowest BCUT2D eigenvalue weighted by Gasteiger charge is -2.14. The fourth-order valence-electron chi connectivity index (χ4n) is 4.14.